The summed E-state index contributed by atoms with van der Waals surface area (Å²) in [5.41, 5.74) is 0.814. The van der Waals surface area contributed by atoms with E-state index in [9.17, 15) is 0 Å². The zero-order valence-corrected chi connectivity index (χ0v) is 8.68. The lowest BCUT2D eigenvalue weighted by molar-refractivity contribution is 0.0440. The molecular formula is C10H19P. The Labute approximate surface area is 72.3 Å². The summed E-state index contributed by atoms with van der Waals surface area (Å²) in [6.45, 7) is 2.39. The Morgan fingerprint density at radius 1 is 1.00 bits per heavy atom. The van der Waals surface area contributed by atoms with Crippen molar-refractivity contribution in [2.75, 3.05) is 0 Å². The largest absolute Gasteiger partial charge is 0.131 e. The normalized spacial score (nSPS) is 33.3. The Morgan fingerprint density at radius 3 is 2.00 bits per heavy atom. The minimum absolute atomic E-state index is 0.608. The van der Waals surface area contributed by atoms with Crippen LogP contribution in [0.4, 0.5) is 0 Å². The summed E-state index contributed by atoms with van der Waals surface area (Å²) in [5, 5.41) is 0.608. The molecule has 0 saturated heterocycles. The fourth-order valence-corrected chi connectivity index (χ4v) is 4.18. The lowest BCUT2D eigenvalue weighted by Gasteiger charge is -2.55. The van der Waals surface area contributed by atoms with E-state index >= 15 is 0 Å². The predicted molar refractivity (Wildman–Crippen MR) is 52.9 cm³/mol. The summed E-state index contributed by atoms with van der Waals surface area (Å²) >= 11 is 0. The van der Waals surface area contributed by atoms with Crippen LogP contribution in [0.25, 0.3) is 0 Å². The molecule has 1 atom stereocenters. The molecule has 0 N–H and O–H groups in total. The van der Waals surface area contributed by atoms with E-state index in [0.29, 0.717) is 5.16 Å². The highest BCUT2D eigenvalue weighted by molar-refractivity contribution is 7.19. The van der Waals surface area contributed by atoms with Crippen LogP contribution in [0.2, 0.25) is 0 Å². The second kappa shape index (κ2) is 2.46. The van der Waals surface area contributed by atoms with Crippen molar-refractivity contribution in [2.45, 2.75) is 57.0 Å². The molecule has 2 saturated carbocycles. The molecule has 0 aromatic rings. The van der Waals surface area contributed by atoms with Crippen LogP contribution in [0.5, 0.6) is 0 Å². The molecule has 11 heavy (non-hydrogen) atoms. The van der Waals surface area contributed by atoms with Crippen molar-refractivity contribution in [3.05, 3.63) is 0 Å². The van der Waals surface area contributed by atoms with Gasteiger partial charge in [0, 0.05) is 0 Å². The van der Waals surface area contributed by atoms with Gasteiger partial charge >= 0.3 is 0 Å². The SMILES string of the molecule is CC1(P)CC2(CCCCC2)C1. The first kappa shape index (κ1) is 8.05. The third-order valence-corrected chi connectivity index (χ3v) is 3.88. The van der Waals surface area contributed by atoms with Gasteiger partial charge < -0.3 is 0 Å². The monoisotopic (exact) mass is 170 g/mol. The smallest absolute Gasteiger partial charge is 0.0168 e. The molecule has 0 aromatic heterocycles. The van der Waals surface area contributed by atoms with Crippen molar-refractivity contribution in [3.8, 4) is 0 Å². The average molecular weight is 170 g/mol. The van der Waals surface area contributed by atoms with Gasteiger partial charge in [0.05, 0.1) is 0 Å². The maximum Gasteiger partial charge on any atom is -0.0168 e. The number of hydrogen-bond acceptors (Lipinski definition) is 0. The van der Waals surface area contributed by atoms with Gasteiger partial charge in [-0.3, -0.25) is 0 Å². The molecule has 2 fully saturated rings. The second-order valence-corrected chi connectivity index (χ2v) is 6.46. The first-order chi connectivity index (χ1) is 5.12. The average Bonchev–Trinajstić information content (AvgIpc) is 1.85. The fraction of sp³-hybridized carbons (Fsp3) is 1.00. The first-order valence-corrected chi connectivity index (χ1v) is 5.49. The van der Waals surface area contributed by atoms with Gasteiger partial charge in [-0.2, -0.15) is 0 Å². The van der Waals surface area contributed by atoms with Crippen molar-refractivity contribution >= 4 is 9.24 Å². The zero-order chi connectivity index (χ0) is 7.95. The van der Waals surface area contributed by atoms with Gasteiger partial charge in [0.2, 0.25) is 0 Å². The number of hydrogen-bond donors (Lipinski definition) is 0. The van der Waals surface area contributed by atoms with Crippen LogP contribution in [-0.2, 0) is 0 Å². The molecule has 1 unspecified atom stereocenters. The lowest BCUT2D eigenvalue weighted by atomic mass is 9.56. The Hall–Kier alpha value is 0.430. The predicted octanol–water partition coefficient (Wildman–Crippen LogP) is 3.36. The van der Waals surface area contributed by atoms with E-state index in [4.69, 9.17) is 0 Å². The Balaban J connectivity index is 1.94. The van der Waals surface area contributed by atoms with Crippen LogP contribution < -0.4 is 0 Å². The molecule has 0 nitrogen and oxygen atoms in total. The Bertz CT molecular complexity index is 144. The highest BCUT2D eigenvalue weighted by Gasteiger charge is 2.48. The van der Waals surface area contributed by atoms with E-state index < -0.39 is 0 Å². The van der Waals surface area contributed by atoms with E-state index in [-0.39, 0.29) is 0 Å². The highest BCUT2D eigenvalue weighted by atomic mass is 31.0. The summed E-state index contributed by atoms with van der Waals surface area (Å²) in [6.07, 6.45) is 10.5. The molecule has 1 spiro atoms. The van der Waals surface area contributed by atoms with Crippen molar-refractivity contribution in [1.82, 2.24) is 0 Å². The van der Waals surface area contributed by atoms with Crippen LogP contribution in [0.1, 0.15) is 51.9 Å². The first-order valence-electron chi connectivity index (χ1n) is 4.91. The van der Waals surface area contributed by atoms with Gasteiger partial charge in [0.1, 0.15) is 0 Å². The van der Waals surface area contributed by atoms with Crippen molar-refractivity contribution < 1.29 is 0 Å². The van der Waals surface area contributed by atoms with Crippen molar-refractivity contribution in [1.29, 1.82) is 0 Å². The molecule has 0 aromatic carbocycles. The van der Waals surface area contributed by atoms with Gasteiger partial charge in [-0.15, -0.1) is 9.24 Å². The Morgan fingerprint density at radius 2 is 1.55 bits per heavy atom. The summed E-state index contributed by atoms with van der Waals surface area (Å²) in [7, 11) is 3.02. The summed E-state index contributed by atoms with van der Waals surface area (Å²) in [4.78, 5) is 0. The van der Waals surface area contributed by atoms with Crippen molar-refractivity contribution in [2.24, 2.45) is 5.41 Å². The minimum atomic E-state index is 0.608. The summed E-state index contributed by atoms with van der Waals surface area (Å²) in [5.74, 6) is 0. The topological polar surface area (TPSA) is 0 Å². The fourth-order valence-electron chi connectivity index (χ4n) is 3.32. The van der Waals surface area contributed by atoms with E-state index in [1.165, 1.54) is 44.9 Å². The molecular weight excluding hydrogens is 151 g/mol. The van der Waals surface area contributed by atoms with Gasteiger partial charge in [0.15, 0.2) is 0 Å². The molecule has 2 rings (SSSR count). The molecule has 64 valence electrons. The molecule has 1 heteroatoms. The summed E-state index contributed by atoms with van der Waals surface area (Å²) < 4.78 is 0. The zero-order valence-electron chi connectivity index (χ0n) is 7.53. The number of rotatable bonds is 0. The van der Waals surface area contributed by atoms with Crippen LogP contribution in [0.3, 0.4) is 0 Å². The van der Waals surface area contributed by atoms with E-state index in [2.05, 4.69) is 16.2 Å². The lowest BCUT2D eigenvalue weighted by Crippen LogP contribution is -2.46. The van der Waals surface area contributed by atoms with Gasteiger partial charge in [-0.1, -0.05) is 26.2 Å². The third-order valence-electron chi connectivity index (χ3n) is 3.47. The molecule has 0 amide bonds. The van der Waals surface area contributed by atoms with Crippen LogP contribution in [-0.4, -0.2) is 5.16 Å². The van der Waals surface area contributed by atoms with E-state index in [1.807, 2.05) is 0 Å². The van der Waals surface area contributed by atoms with Gasteiger partial charge in [-0.25, -0.2) is 0 Å². The van der Waals surface area contributed by atoms with Crippen LogP contribution in [0, 0.1) is 5.41 Å². The molecule has 0 radical (unpaired) electrons. The van der Waals surface area contributed by atoms with Gasteiger partial charge in [0.25, 0.3) is 0 Å². The second-order valence-electron chi connectivity index (χ2n) is 5.07. The molecule has 2 aliphatic rings. The Kier molecular flexibility index (Phi) is 1.80. The maximum atomic E-state index is 3.02. The third kappa shape index (κ3) is 1.47. The minimum Gasteiger partial charge on any atom is -0.131 e. The summed E-state index contributed by atoms with van der Waals surface area (Å²) in [6, 6.07) is 0. The maximum absolute atomic E-state index is 3.02. The highest BCUT2D eigenvalue weighted by Crippen LogP contribution is 2.59. The standard InChI is InChI=1S/C10H19P/c1-9(11)7-10(8-9)5-3-2-4-6-10/h2-8,11H2,1H3. The van der Waals surface area contributed by atoms with E-state index in [1.54, 1.807) is 0 Å². The molecule has 0 aliphatic heterocycles. The van der Waals surface area contributed by atoms with E-state index in [0.717, 1.165) is 5.41 Å². The molecule has 0 bridgehead atoms. The molecule has 2 aliphatic carbocycles. The van der Waals surface area contributed by atoms with Crippen LogP contribution >= 0.6 is 9.24 Å². The quantitative estimate of drug-likeness (QED) is 0.489. The van der Waals surface area contributed by atoms with Crippen molar-refractivity contribution in [3.63, 3.8) is 0 Å². The van der Waals surface area contributed by atoms with Crippen LogP contribution in [0.15, 0.2) is 0 Å². The van der Waals surface area contributed by atoms with Gasteiger partial charge in [-0.05, 0) is 36.3 Å². The molecule has 0 heterocycles.